The van der Waals surface area contributed by atoms with Crippen molar-refractivity contribution in [2.45, 2.75) is 56.8 Å². The van der Waals surface area contributed by atoms with E-state index in [1.54, 1.807) is 30.3 Å². The summed E-state index contributed by atoms with van der Waals surface area (Å²) in [5, 5.41) is 25.6. The number of rotatable bonds is 15. The van der Waals surface area contributed by atoms with E-state index in [1.165, 1.54) is 18.7 Å². The number of carboxylic acids is 2. The molecule has 4 atom stereocenters. The van der Waals surface area contributed by atoms with E-state index in [2.05, 4.69) is 16.0 Å². The number of carbonyl (C=O) groups excluding carboxylic acids is 3. The Bertz CT molecular complexity index is 853. The van der Waals surface area contributed by atoms with Gasteiger partial charge in [0.15, 0.2) is 0 Å². The molecule has 0 aromatic heterocycles. The summed E-state index contributed by atoms with van der Waals surface area (Å²) in [7, 11) is 0. The van der Waals surface area contributed by atoms with Crippen LogP contribution >= 0.6 is 11.8 Å². The van der Waals surface area contributed by atoms with Crippen molar-refractivity contribution in [3.63, 3.8) is 0 Å². The van der Waals surface area contributed by atoms with Gasteiger partial charge in [-0.15, -0.1) is 0 Å². The van der Waals surface area contributed by atoms with E-state index in [1.807, 2.05) is 6.26 Å². The van der Waals surface area contributed by atoms with E-state index >= 15 is 0 Å². The molecular weight excluding hydrogens is 464 g/mol. The van der Waals surface area contributed by atoms with Crippen LogP contribution in [0.15, 0.2) is 30.3 Å². The van der Waals surface area contributed by atoms with Gasteiger partial charge in [0.1, 0.15) is 18.1 Å². The third-order valence-electron chi connectivity index (χ3n) is 4.90. The average Bonchev–Trinajstić information content (AvgIpc) is 2.79. The number of hydrogen-bond donors (Lipinski definition) is 6. The van der Waals surface area contributed by atoms with Crippen molar-refractivity contribution < 1.29 is 34.2 Å². The summed E-state index contributed by atoms with van der Waals surface area (Å²) >= 11 is 1.50. The largest absolute Gasteiger partial charge is 0.481 e. The van der Waals surface area contributed by atoms with Crippen molar-refractivity contribution in [1.29, 1.82) is 0 Å². The van der Waals surface area contributed by atoms with E-state index in [0.717, 1.165) is 0 Å². The van der Waals surface area contributed by atoms with Crippen LogP contribution in [-0.2, 0) is 30.4 Å². The van der Waals surface area contributed by atoms with Crippen LogP contribution in [0.2, 0.25) is 0 Å². The molecule has 0 saturated heterocycles. The molecule has 7 N–H and O–H groups in total. The SMILES string of the molecule is CSCC[C@H](N)C(=O)N[C@@H](CCC(=O)O)C(=O)N[C@@H](C)C(=O)N[C@@H](Cc1ccccc1)C(=O)O. The van der Waals surface area contributed by atoms with Crippen molar-refractivity contribution in [2.75, 3.05) is 12.0 Å². The van der Waals surface area contributed by atoms with Gasteiger partial charge in [0, 0.05) is 12.8 Å². The van der Waals surface area contributed by atoms with Crippen molar-refractivity contribution in [3.8, 4) is 0 Å². The van der Waals surface area contributed by atoms with Gasteiger partial charge in [-0.05, 0) is 37.3 Å². The van der Waals surface area contributed by atoms with E-state index in [4.69, 9.17) is 10.8 Å². The molecule has 0 heterocycles. The first-order valence-corrected chi connectivity index (χ1v) is 12.1. The topological polar surface area (TPSA) is 188 Å². The molecule has 11 nitrogen and oxygen atoms in total. The molecule has 0 spiro atoms. The molecule has 0 aliphatic carbocycles. The molecule has 0 saturated carbocycles. The fraction of sp³-hybridized carbons (Fsp3) is 0.500. The smallest absolute Gasteiger partial charge is 0.326 e. The van der Waals surface area contributed by atoms with E-state index in [-0.39, 0.29) is 12.8 Å². The fourth-order valence-corrected chi connectivity index (χ4v) is 3.41. The van der Waals surface area contributed by atoms with Crippen LogP contribution < -0.4 is 21.7 Å². The standard InChI is InChI=1S/C22H32N4O7S/c1-13(19(29)26-17(22(32)33)12-14-6-4-3-5-7-14)24-21(31)16(8-9-18(27)28)25-20(30)15(23)10-11-34-2/h3-7,13,15-17H,8-12,23H2,1-2H3,(H,24,31)(H,25,30)(H,26,29)(H,27,28)(H,32,33)/t13-,15-,16-,17-/m0/s1. The molecule has 188 valence electrons. The Morgan fingerprint density at radius 3 is 2.09 bits per heavy atom. The number of nitrogens with one attached hydrogen (secondary N) is 3. The van der Waals surface area contributed by atoms with Crippen molar-refractivity contribution in [3.05, 3.63) is 35.9 Å². The number of carbonyl (C=O) groups is 5. The number of amides is 3. The molecular formula is C22H32N4O7S. The molecule has 12 heteroatoms. The summed E-state index contributed by atoms with van der Waals surface area (Å²) < 4.78 is 0. The summed E-state index contributed by atoms with van der Waals surface area (Å²) in [4.78, 5) is 60.1. The molecule has 1 rings (SSSR count). The maximum absolute atomic E-state index is 12.7. The second-order valence-corrected chi connectivity index (χ2v) is 8.69. The van der Waals surface area contributed by atoms with Crippen LogP contribution in [-0.4, -0.2) is 76.0 Å². The second-order valence-electron chi connectivity index (χ2n) is 7.70. The van der Waals surface area contributed by atoms with Crippen LogP contribution in [0, 0.1) is 0 Å². The highest BCUT2D eigenvalue weighted by molar-refractivity contribution is 7.98. The van der Waals surface area contributed by atoms with Gasteiger partial charge < -0.3 is 31.9 Å². The van der Waals surface area contributed by atoms with Crippen molar-refractivity contribution in [1.82, 2.24) is 16.0 Å². The van der Waals surface area contributed by atoms with Crippen LogP contribution in [0.5, 0.6) is 0 Å². The van der Waals surface area contributed by atoms with Gasteiger partial charge in [0.05, 0.1) is 6.04 Å². The number of benzene rings is 1. The predicted octanol–water partition coefficient (Wildman–Crippen LogP) is -0.267. The Morgan fingerprint density at radius 2 is 1.53 bits per heavy atom. The van der Waals surface area contributed by atoms with Crippen LogP contribution in [0.1, 0.15) is 31.7 Å². The summed E-state index contributed by atoms with van der Waals surface area (Å²) in [6.45, 7) is 1.36. The minimum Gasteiger partial charge on any atom is -0.481 e. The lowest BCUT2D eigenvalue weighted by Crippen LogP contribution is -2.56. The highest BCUT2D eigenvalue weighted by Crippen LogP contribution is 2.05. The number of nitrogens with two attached hydrogens (primary N) is 1. The molecule has 0 bridgehead atoms. The van der Waals surface area contributed by atoms with Gasteiger partial charge in [-0.2, -0.15) is 11.8 Å². The average molecular weight is 497 g/mol. The summed E-state index contributed by atoms with van der Waals surface area (Å²) in [5.74, 6) is -3.88. The van der Waals surface area contributed by atoms with Crippen LogP contribution in [0.3, 0.4) is 0 Å². The number of carboxylic acid groups (broad SMARTS) is 2. The minimum absolute atomic E-state index is 0.0494. The lowest BCUT2D eigenvalue weighted by Gasteiger charge is -2.23. The molecule has 0 fully saturated rings. The van der Waals surface area contributed by atoms with E-state index in [0.29, 0.717) is 17.7 Å². The Morgan fingerprint density at radius 1 is 0.912 bits per heavy atom. The third kappa shape index (κ3) is 10.7. The Labute approximate surface area is 202 Å². The molecule has 0 unspecified atom stereocenters. The molecule has 0 radical (unpaired) electrons. The highest BCUT2D eigenvalue weighted by atomic mass is 32.2. The van der Waals surface area contributed by atoms with Gasteiger partial charge in [-0.1, -0.05) is 30.3 Å². The maximum Gasteiger partial charge on any atom is 0.326 e. The van der Waals surface area contributed by atoms with Crippen LogP contribution in [0.25, 0.3) is 0 Å². The minimum atomic E-state index is -1.23. The molecule has 1 aromatic rings. The summed E-state index contributed by atoms with van der Waals surface area (Å²) in [5.41, 5.74) is 6.52. The first-order valence-electron chi connectivity index (χ1n) is 10.7. The summed E-state index contributed by atoms with van der Waals surface area (Å²) in [6, 6.07) is 4.28. The van der Waals surface area contributed by atoms with Gasteiger partial charge in [0.2, 0.25) is 17.7 Å². The molecule has 0 aliphatic rings. The number of thioether (sulfide) groups is 1. The predicted molar refractivity (Wildman–Crippen MR) is 127 cm³/mol. The van der Waals surface area contributed by atoms with Gasteiger partial charge in [-0.25, -0.2) is 4.79 Å². The Hall–Kier alpha value is -3.12. The molecule has 3 amide bonds. The third-order valence-corrected chi connectivity index (χ3v) is 5.54. The molecule has 34 heavy (non-hydrogen) atoms. The van der Waals surface area contributed by atoms with Crippen molar-refractivity contribution >= 4 is 41.4 Å². The Balaban J connectivity index is 2.78. The lowest BCUT2D eigenvalue weighted by atomic mass is 10.1. The number of aliphatic carboxylic acids is 2. The Kier molecular flexibility index (Phi) is 12.7. The zero-order chi connectivity index (χ0) is 25.7. The number of hydrogen-bond acceptors (Lipinski definition) is 7. The van der Waals surface area contributed by atoms with Gasteiger partial charge in [0.25, 0.3) is 0 Å². The first-order chi connectivity index (χ1) is 16.0. The zero-order valence-electron chi connectivity index (χ0n) is 19.2. The second kappa shape index (κ2) is 14.9. The summed E-state index contributed by atoms with van der Waals surface area (Å²) in [6.07, 6.45) is 1.68. The first kappa shape index (κ1) is 28.9. The maximum atomic E-state index is 12.7. The highest BCUT2D eigenvalue weighted by Gasteiger charge is 2.28. The van der Waals surface area contributed by atoms with Crippen molar-refractivity contribution in [2.24, 2.45) is 5.73 Å². The van der Waals surface area contributed by atoms with Gasteiger partial charge in [-0.3, -0.25) is 19.2 Å². The van der Waals surface area contributed by atoms with E-state index < -0.39 is 60.2 Å². The van der Waals surface area contributed by atoms with Gasteiger partial charge >= 0.3 is 11.9 Å². The normalized spacial score (nSPS) is 14.2. The van der Waals surface area contributed by atoms with E-state index in [9.17, 15) is 29.1 Å². The quantitative estimate of drug-likeness (QED) is 0.190. The van der Waals surface area contributed by atoms with Crippen LogP contribution in [0.4, 0.5) is 0 Å². The monoisotopic (exact) mass is 496 g/mol. The fourth-order valence-electron chi connectivity index (χ4n) is 2.92. The lowest BCUT2D eigenvalue weighted by molar-refractivity contribution is -0.142. The molecule has 0 aliphatic heterocycles. The molecule has 1 aromatic carbocycles. The zero-order valence-corrected chi connectivity index (χ0v) is 20.0.